The maximum atomic E-state index is 6.01. The average molecular weight is 247 g/mol. The van der Waals surface area contributed by atoms with Crippen LogP contribution >= 0.6 is 11.6 Å². The molecule has 0 radical (unpaired) electrons. The van der Waals surface area contributed by atoms with E-state index in [1.807, 2.05) is 25.1 Å². The molecule has 0 heterocycles. The van der Waals surface area contributed by atoms with Crippen molar-refractivity contribution in [3.05, 3.63) is 52.5 Å². The summed E-state index contributed by atoms with van der Waals surface area (Å²) in [6, 6.07) is 11.9. The summed E-state index contributed by atoms with van der Waals surface area (Å²) < 4.78 is 0. The van der Waals surface area contributed by atoms with Gasteiger partial charge < -0.3 is 11.1 Å². The molecule has 0 aliphatic heterocycles. The molecule has 0 atom stereocenters. The Bertz CT molecular complexity index is 550. The number of aryl methyl sites for hydroxylation is 2. The minimum Gasteiger partial charge on any atom is -0.397 e. The first-order valence-corrected chi connectivity index (χ1v) is 5.83. The Labute approximate surface area is 106 Å². The van der Waals surface area contributed by atoms with Crippen LogP contribution in [0.15, 0.2) is 36.4 Å². The van der Waals surface area contributed by atoms with Crippen LogP contribution in [0.3, 0.4) is 0 Å². The zero-order valence-corrected chi connectivity index (χ0v) is 10.7. The Morgan fingerprint density at radius 1 is 1.12 bits per heavy atom. The number of hydrogen-bond acceptors (Lipinski definition) is 2. The van der Waals surface area contributed by atoms with Crippen molar-refractivity contribution >= 4 is 28.7 Å². The Kier molecular flexibility index (Phi) is 3.25. The van der Waals surface area contributed by atoms with E-state index >= 15 is 0 Å². The summed E-state index contributed by atoms with van der Waals surface area (Å²) >= 11 is 6.01. The van der Waals surface area contributed by atoms with Crippen molar-refractivity contribution in [1.29, 1.82) is 0 Å². The maximum Gasteiger partial charge on any atom is 0.0621 e. The summed E-state index contributed by atoms with van der Waals surface area (Å²) in [7, 11) is 0. The number of nitrogens with one attached hydrogen (secondary N) is 1. The fourth-order valence-corrected chi connectivity index (χ4v) is 1.86. The summed E-state index contributed by atoms with van der Waals surface area (Å²) in [6.45, 7) is 4.02. The normalized spacial score (nSPS) is 10.3. The lowest BCUT2D eigenvalue weighted by Gasteiger charge is -2.11. The maximum absolute atomic E-state index is 6.01. The fourth-order valence-electron chi connectivity index (χ4n) is 1.68. The summed E-state index contributed by atoms with van der Waals surface area (Å²) in [5, 5.41) is 3.99. The molecule has 17 heavy (non-hydrogen) atoms. The van der Waals surface area contributed by atoms with Crippen molar-refractivity contribution < 1.29 is 0 Å². The van der Waals surface area contributed by atoms with Gasteiger partial charge in [-0.1, -0.05) is 23.7 Å². The lowest BCUT2D eigenvalue weighted by Crippen LogP contribution is -1.97. The number of benzene rings is 2. The van der Waals surface area contributed by atoms with E-state index in [9.17, 15) is 0 Å². The fraction of sp³-hybridized carbons (Fsp3) is 0.143. The summed E-state index contributed by atoms with van der Waals surface area (Å²) in [5.74, 6) is 0. The largest absolute Gasteiger partial charge is 0.397 e. The molecule has 0 aromatic heterocycles. The highest BCUT2D eigenvalue weighted by atomic mass is 35.5. The molecule has 0 aliphatic rings. The van der Waals surface area contributed by atoms with Gasteiger partial charge in [-0.15, -0.1) is 0 Å². The van der Waals surface area contributed by atoms with Crippen molar-refractivity contribution in [2.45, 2.75) is 13.8 Å². The van der Waals surface area contributed by atoms with Gasteiger partial charge in [0.1, 0.15) is 0 Å². The van der Waals surface area contributed by atoms with Crippen LogP contribution in [0.2, 0.25) is 5.02 Å². The highest BCUT2D eigenvalue weighted by molar-refractivity contribution is 6.31. The molecular weight excluding hydrogens is 232 g/mol. The van der Waals surface area contributed by atoms with Crippen molar-refractivity contribution in [1.82, 2.24) is 0 Å². The minimum absolute atomic E-state index is 0.655. The van der Waals surface area contributed by atoms with E-state index in [2.05, 4.69) is 24.4 Å². The van der Waals surface area contributed by atoms with Crippen molar-refractivity contribution in [2.75, 3.05) is 11.1 Å². The van der Waals surface area contributed by atoms with Crippen LogP contribution in [0.5, 0.6) is 0 Å². The molecule has 3 N–H and O–H groups in total. The SMILES string of the molecule is Cc1cccc(Nc2cc(C)c(Cl)cc2N)c1. The van der Waals surface area contributed by atoms with Gasteiger partial charge in [0, 0.05) is 10.7 Å². The molecule has 88 valence electrons. The van der Waals surface area contributed by atoms with Gasteiger partial charge >= 0.3 is 0 Å². The van der Waals surface area contributed by atoms with E-state index in [4.69, 9.17) is 17.3 Å². The predicted octanol–water partition coefficient (Wildman–Crippen LogP) is 4.28. The highest BCUT2D eigenvalue weighted by Crippen LogP contribution is 2.29. The van der Waals surface area contributed by atoms with E-state index in [1.54, 1.807) is 6.07 Å². The number of nitrogens with two attached hydrogens (primary N) is 1. The van der Waals surface area contributed by atoms with Gasteiger partial charge in [-0.05, 0) is 49.2 Å². The second-order valence-corrected chi connectivity index (χ2v) is 4.59. The predicted molar refractivity (Wildman–Crippen MR) is 75.1 cm³/mol. The summed E-state index contributed by atoms with van der Waals surface area (Å²) in [6.07, 6.45) is 0. The quantitative estimate of drug-likeness (QED) is 0.776. The second-order valence-electron chi connectivity index (χ2n) is 4.18. The van der Waals surface area contributed by atoms with Gasteiger partial charge in [0.05, 0.1) is 11.4 Å². The molecule has 0 amide bonds. The van der Waals surface area contributed by atoms with Gasteiger partial charge in [-0.2, -0.15) is 0 Å². The first-order valence-electron chi connectivity index (χ1n) is 5.45. The molecule has 0 fully saturated rings. The van der Waals surface area contributed by atoms with E-state index in [1.165, 1.54) is 5.56 Å². The Hall–Kier alpha value is -1.67. The first-order chi connectivity index (χ1) is 8.06. The molecular formula is C14H15ClN2. The first kappa shape index (κ1) is 11.8. The van der Waals surface area contributed by atoms with Gasteiger partial charge in [0.2, 0.25) is 0 Å². The molecule has 0 saturated carbocycles. The molecule has 3 heteroatoms. The van der Waals surface area contributed by atoms with Crippen molar-refractivity contribution in [3.63, 3.8) is 0 Å². The third-order valence-electron chi connectivity index (χ3n) is 2.63. The van der Waals surface area contributed by atoms with E-state index < -0.39 is 0 Å². The highest BCUT2D eigenvalue weighted by Gasteiger charge is 2.04. The van der Waals surface area contributed by atoms with Crippen LogP contribution in [0.1, 0.15) is 11.1 Å². The van der Waals surface area contributed by atoms with Crippen LogP contribution in [0.4, 0.5) is 17.1 Å². The van der Waals surface area contributed by atoms with Crippen LogP contribution < -0.4 is 11.1 Å². The monoisotopic (exact) mass is 246 g/mol. The molecule has 0 saturated heterocycles. The Morgan fingerprint density at radius 2 is 1.88 bits per heavy atom. The third-order valence-corrected chi connectivity index (χ3v) is 3.04. The Morgan fingerprint density at radius 3 is 2.59 bits per heavy atom. The topological polar surface area (TPSA) is 38.0 Å². The average Bonchev–Trinajstić information content (AvgIpc) is 2.26. The van der Waals surface area contributed by atoms with Gasteiger partial charge in [-0.25, -0.2) is 0 Å². The number of anilines is 3. The zero-order chi connectivity index (χ0) is 12.4. The van der Waals surface area contributed by atoms with Crippen LogP contribution in [-0.2, 0) is 0 Å². The van der Waals surface area contributed by atoms with Crippen LogP contribution in [0.25, 0.3) is 0 Å². The van der Waals surface area contributed by atoms with E-state index in [0.29, 0.717) is 10.7 Å². The smallest absolute Gasteiger partial charge is 0.0621 e. The molecule has 2 aromatic rings. The molecule has 2 aromatic carbocycles. The third kappa shape index (κ3) is 2.71. The molecule has 2 rings (SSSR count). The molecule has 0 bridgehead atoms. The van der Waals surface area contributed by atoms with Crippen molar-refractivity contribution in [2.24, 2.45) is 0 Å². The zero-order valence-electron chi connectivity index (χ0n) is 9.92. The summed E-state index contributed by atoms with van der Waals surface area (Å²) in [4.78, 5) is 0. The van der Waals surface area contributed by atoms with Crippen LogP contribution in [-0.4, -0.2) is 0 Å². The molecule has 0 spiro atoms. The second kappa shape index (κ2) is 4.68. The summed E-state index contributed by atoms with van der Waals surface area (Å²) in [5.41, 5.74) is 10.7. The number of nitrogen functional groups attached to an aromatic ring is 1. The lowest BCUT2D eigenvalue weighted by molar-refractivity contribution is 1.42. The molecule has 0 unspecified atom stereocenters. The van der Waals surface area contributed by atoms with Gasteiger partial charge in [0.25, 0.3) is 0 Å². The Balaban J connectivity index is 2.33. The van der Waals surface area contributed by atoms with Crippen molar-refractivity contribution in [3.8, 4) is 0 Å². The number of rotatable bonds is 2. The standard InChI is InChI=1S/C14H15ClN2/c1-9-4-3-5-11(6-9)17-14-7-10(2)12(15)8-13(14)16/h3-8,17H,16H2,1-2H3. The van der Waals surface area contributed by atoms with E-state index in [-0.39, 0.29) is 0 Å². The van der Waals surface area contributed by atoms with E-state index in [0.717, 1.165) is 16.9 Å². The van der Waals surface area contributed by atoms with Gasteiger partial charge in [-0.3, -0.25) is 0 Å². The van der Waals surface area contributed by atoms with Gasteiger partial charge in [0.15, 0.2) is 0 Å². The number of halogens is 1. The molecule has 0 aliphatic carbocycles. The lowest BCUT2D eigenvalue weighted by atomic mass is 10.1. The molecule has 2 nitrogen and oxygen atoms in total. The minimum atomic E-state index is 0.655. The van der Waals surface area contributed by atoms with Crippen LogP contribution in [0, 0.1) is 13.8 Å². The number of hydrogen-bond donors (Lipinski definition) is 2.